The van der Waals surface area contributed by atoms with E-state index in [1.165, 1.54) is 53.0 Å². The van der Waals surface area contributed by atoms with Gasteiger partial charge in [-0.1, -0.05) is 18.2 Å². The predicted molar refractivity (Wildman–Crippen MR) is 148 cm³/mol. The minimum Gasteiger partial charge on any atom is -0.416 e. The van der Waals surface area contributed by atoms with Crippen LogP contribution in [0.1, 0.15) is 59.2 Å². The number of carbonyl (C=O) groups is 3. The molecule has 0 saturated heterocycles. The smallest absolute Gasteiger partial charge is 0.308 e. The summed E-state index contributed by atoms with van der Waals surface area (Å²) in [6.45, 7) is 6.30. The fourth-order valence-corrected chi connectivity index (χ4v) is 7.47. The molecular weight excluding hydrogens is 539 g/mol. The van der Waals surface area contributed by atoms with Gasteiger partial charge in [0.1, 0.15) is 5.82 Å². The molecule has 0 radical (unpaired) electrons. The molecule has 1 aromatic carbocycles. The Morgan fingerprint density at radius 2 is 1.54 bits per heavy atom. The van der Waals surface area contributed by atoms with Gasteiger partial charge in [0, 0.05) is 61.8 Å². The van der Waals surface area contributed by atoms with Gasteiger partial charge in [-0.2, -0.15) is 0 Å². The van der Waals surface area contributed by atoms with Crippen molar-refractivity contribution in [3.8, 4) is 10.1 Å². The first-order valence-corrected chi connectivity index (χ1v) is 14.7. The average Bonchev–Trinajstić information content (AvgIpc) is 3.46. The second kappa shape index (κ2) is 12.1. The van der Waals surface area contributed by atoms with Crippen molar-refractivity contribution >= 4 is 40.4 Å². The van der Waals surface area contributed by atoms with E-state index in [1.807, 2.05) is 17.0 Å². The van der Waals surface area contributed by atoms with Crippen LogP contribution in [-0.4, -0.2) is 47.2 Å². The quantitative estimate of drug-likeness (QED) is 0.323. The number of thiophene rings is 2. The summed E-state index contributed by atoms with van der Waals surface area (Å²) in [5, 5.41) is 1.19. The standard InChI is InChI=1S/C29H31FN2O5S2/c1-18(33)36-27-14-20-16-31(12-9-25(20)38-27)11-5-8-24(35)29(22-6-3-4-7-23(22)30)32-13-10-26-21(17-32)15-28(39-26)37-19(2)34/h3-4,6-7,14-15,29H,5,8-13,16-17H2,1-2H3. The van der Waals surface area contributed by atoms with Crippen LogP contribution in [0, 0.1) is 5.82 Å². The van der Waals surface area contributed by atoms with Gasteiger partial charge in [0.05, 0.1) is 6.04 Å². The highest BCUT2D eigenvalue weighted by Gasteiger charge is 2.33. The van der Waals surface area contributed by atoms with Gasteiger partial charge >= 0.3 is 11.9 Å². The molecule has 0 bridgehead atoms. The Kier molecular flexibility index (Phi) is 8.56. The lowest BCUT2D eigenvalue weighted by Crippen LogP contribution is -2.38. The topological polar surface area (TPSA) is 76.2 Å². The van der Waals surface area contributed by atoms with Crippen LogP contribution < -0.4 is 9.47 Å². The van der Waals surface area contributed by atoms with Gasteiger partial charge in [-0.25, -0.2) is 4.39 Å². The molecule has 1 unspecified atom stereocenters. The normalized spacial score (nSPS) is 16.3. The maximum absolute atomic E-state index is 15.0. The molecule has 1 atom stereocenters. The largest absolute Gasteiger partial charge is 0.416 e. The van der Waals surface area contributed by atoms with E-state index < -0.39 is 6.04 Å². The molecule has 0 saturated carbocycles. The molecule has 0 spiro atoms. The maximum Gasteiger partial charge on any atom is 0.308 e. The summed E-state index contributed by atoms with van der Waals surface area (Å²) >= 11 is 2.98. The number of halogens is 1. The number of rotatable bonds is 9. The molecule has 4 heterocycles. The first kappa shape index (κ1) is 27.6. The Hall–Kier alpha value is -2.92. The third-order valence-electron chi connectivity index (χ3n) is 7.05. The van der Waals surface area contributed by atoms with E-state index in [1.54, 1.807) is 18.2 Å². The average molecular weight is 571 g/mol. The van der Waals surface area contributed by atoms with E-state index in [9.17, 15) is 18.8 Å². The Morgan fingerprint density at radius 1 is 0.923 bits per heavy atom. The van der Waals surface area contributed by atoms with E-state index in [0.29, 0.717) is 48.0 Å². The summed E-state index contributed by atoms with van der Waals surface area (Å²) in [5.74, 6) is -1.05. The van der Waals surface area contributed by atoms with Crippen molar-refractivity contribution in [3.63, 3.8) is 0 Å². The van der Waals surface area contributed by atoms with Gasteiger partial charge in [-0.3, -0.25) is 24.2 Å². The zero-order valence-corrected chi connectivity index (χ0v) is 23.7. The molecule has 39 heavy (non-hydrogen) atoms. The highest BCUT2D eigenvalue weighted by Crippen LogP contribution is 2.38. The molecule has 2 aliphatic rings. The van der Waals surface area contributed by atoms with Crippen LogP contribution in [0.25, 0.3) is 0 Å². The van der Waals surface area contributed by atoms with E-state index in [2.05, 4.69) is 4.90 Å². The number of Topliss-reactive ketones (excluding diaryl/α,β-unsaturated/α-hetero) is 1. The monoisotopic (exact) mass is 570 g/mol. The first-order valence-electron chi connectivity index (χ1n) is 13.1. The van der Waals surface area contributed by atoms with Crippen molar-refractivity contribution in [2.75, 3.05) is 19.6 Å². The fraction of sp³-hybridized carbons (Fsp3) is 0.414. The number of nitrogens with zero attached hydrogens (tertiary/aromatic N) is 2. The summed E-state index contributed by atoms with van der Waals surface area (Å²) in [7, 11) is 0. The van der Waals surface area contributed by atoms with Crippen molar-refractivity contribution in [2.45, 2.75) is 58.7 Å². The molecule has 206 valence electrons. The zero-order chi connectivity index (χ0) is 27.5. The highest BCUT2D eigenvalue weighted by atomic mass is 32.1. The number of hydrogen-bond acceptors (Lipinski definition) is 9. The van der Waals surface area contributed by atoms with Crippen LogP contribution in [0.3, 0.4) is 0 Å². The third-order valence-corrected chi connectivity index (χ3v) is 9.28. The summed E-state index contributed by atoms with van der Waals surface area (Å²) < 4.78 is 25.5. The minimum atomic E-state index is -0.674. The van der Waals surface area contributed by atoms with Gasteiger partial charge in [0.2, 0.25) is 0 Å². The molecule has 2 aromatic heterocycles. The van der Waals surface area contributed by atoms with Crippen molar-refractivity contribution in [3.05, 3.63) is 68.7 Å². The lowest BCUT2D eigenvalue weighted by atomic mass is 9.95. The maximum atomic E-state index is 15.0. The Labute approximate surface area is 235 Å². The van der Waals surface area contributed by atoms with Crippen LogP contribution in [0.2, 0.25) is 0 Å². The van der Waals surface area contributed by atoms with Crippen LogP contribution in [0.4, 0.5) is 4.39 Å². The number of esters is 2. The Bertz CT molecular complexity index is 1380. The molecule has 0 amide bonds. The molecule has 7 nitrogen and oxygen atoms in total. The Balaban J connectivity index is 1.24. The highest BCUT2D eigenvalue weighted by molar-refractivity contribution is 7.14. The summed E-state index contributed by atoms with van der Waals surface area (Å²) in [6, 6.07) is 9.65. The van der Waals surface area contributed by atoms with E-state index in [4.69, 9.17) is 9.47 Å². The van der Waals surface area contributed by atoms with Crippen molar-refractivity contribution < 1.29 is 28.2 Å². The van der Waals surface area contributed by atoms with Gasteiger partial charge in [-0.05, 0) is 55.1 Å². The third kappa shape index (κ3) is 6.63. The van der Waals surface area contributed by atoms with Crippen molar-refractivity contribution in [1.82, 2.24) is 9.80 Å². The lowest BCUT2D eigenvalue weighted by molar-refractivity contribution is -0.132. The van der Waals surface area contributed by atoms with Crippen LogP contribution >= 0.6 is 22.7 Å². The molecule has 0 aliphatic carbocycles. The van der Waals surface area contributed by atoms with E-state index in [-0.39, 0.29) is 23.5 Å². The molecule has 10 heteroatoms. The number of benzene rings is 1. The number of hydrogen-bond donors (Lipinski definition) is 0. The molecule has 5 rings (SSSR count). The first-order chi connectivity index (χ1) is 18.8. The molecule has 0 fully saturated rings. The van der Waals surface area contributed by atoms with Crippen LogP contribution in [-0.2, 0) is 40.3 Å². The van der Waals surface area contributed by atoms with E-state index in [0.717, 1.165) is 36.5 Å². The summed E-state index contributed by atoms with van der Waals surface area (Å²) in [6.07, 6.45) is 2.62. The number of fused-ring (bicyclic) bond motifs is 2. The number of ether oxygens (including phenoxy) is 2. The SMILES string of the molecule is CC(=O)Oc1cc2c(s1)CCN(CCCC(=O)C(c1ccccc1F)N1CCc3sc(OC(C)=O)cc3C1)C2. The number of carbonyl (C=O) groups excluding carboxylic acids is 3. The van der Waals surface area contributed by atoms with Crippen molar-refractivity contribution in [1.29, 1.82) is 0 Å². The molecule has 0 N–H and O–H groups in total. The van der Waals surface area contributed by atoms with Gasteiger partial charge in [0.25, 0.3) is 0 Å². The Morgan fingerprint density at radius 3 is 2.18 bits per heavy atom. The van der Waals surface area contributed by atoms with Gasteiger partial charge < -0.3 is 9.47 Å². The summed E-state index contributed by atoms with van der Waals surface area (Å²) in [5.41, 5.74) is 2.59. The number of ketones is 1. The zero-order valence-electron chi connectivity index (χ0n) is 22.0. The lowest BCUT2D eigenvalue weighted by Gasteiger charge is -2.34. The summed E-state index contributed by atoms with van der Waals surface area (Å²) in [4.78, 5) is 43.1. The van der Waals surface area contributed by atoms with Crippen LogP contribution in [0.15, 0.2) is 36.4 Å². The minimum absolute atomic E-state index is 0.00404. The molecule has 2 aliphatic heterocycles. The predicted octanol–water partition coefficient (Wildman–Crippen LogP) is 5.31. The van der Waals surface area contributed by atoms with Crippen LogP contribution in [0.5, 0.6) is 10.1 Å². The fourth-order valence-electron chi connectivity index (χ4n) is 5.37. The molecular formula is C29H31FN2O5S2. The van der Waals surface area contributed by atoms with Gasteiger partial charge in [-0.15, -0.1) is 22.7 Å². The second-order valence-corrected chi connectivity index (χ2v) is 12.2. The van der Waals surface area contributed by atoms with Gasteiger partial charge in [0.15, 0.2) is 15.9 Å². The second-order valence-electron chi connectivity index (χ2n) is 9.96. The molecule has 3 aromatic rings. The van der Waals surface area contributed by atoms with E-state index >= 15 is 0 Å². The van der Waals surface area contributed by atoms with Crippen molar-refractivity contribution in [2.24, 2.45) is 0 Å².